The minimum absolute atomic E-state index is 0.0231. The molecule has 1 heterocycles. The molecular formula is C18H25BrO2. The smallest absolute Gasteiger partial charge is 0.334 e. The first-order valence-corrected chi connectivity index (χ1v) is 9.14. The summed E-state index contributed by atoms with van der Waals surface area (Å²) < 4.78 is 5.39. The lowest BCUT2D eigenvalue weighted by Gasteiger charge is -2.42. The largest absolute Gasteiger partial charge is 0.455 e. The molecule has 0 saturated heterocycles. The number of allylic oxidation sites excluding steroid dienone is 1. The van der Waals surface area contributed by atoms with Gasteiger partial charge in [0.05, 0.1) is 0 Å². The van der Waals surface area contributed by atoms with Crippen LogP contribution in [0.15, 0.2) is 22.2 Å². The predicted molar refractivity (Wildman–Crippen MR) is 88.1 cm³/mol. The first kappa shape index (κ1) is 15.3. The summed E-state index contributed by atoms with van der Waals surface area (Å²) in [7, 11) is 0. The molecule has 2 aliphatic carbocycles. The number of hydrogen-bond donors (Lipinski definition) is 0. The highest BCUT2D eigenvalue weighted by atomic mass is 79.9. The molecule has 116 valence electrons. The van der Waals surface area contributed by atoms with E-state index in [0.29, 0.717) is 5.41 Å². The highest BCUT2D eigenvalue weighted by Crippen LogP contribution is 2.58. The van der Waals surface area contributed by atoms with E-state index >= 15 is 0 Å². The van der Waals surface area contributed by atoms with E-state index in [1.165, 1.54) is 38.5 Å². The molecule has 0 aromatic rings. The van der Waals surface area contributed by atoms with Crippen molar-refractivity contribution in [2.45, 2.75) is 64.9 Å². The Bertz CT molecular complexity index is 493. The van der Waals surface area contributed by atoms with E-state index in [9.17, 15) is 4.79 Å². The van der Waals surface area contributed by atoms with Crippen LogP contribution < -0.4 is 0 Å². The highest BCUT2D eigenvalue weighted by Gasteiger charge is 2.48. The first-order chi connectivity index (χ1) is 10.0. The number of halogens is 1. The Hall–Kier alpha value is -0.570. The molecule has 3 rings (SSSR count). The third kappa shape index (κ3) is 2.74. The number of rotatable bonds is 3. The van der Waals surface area contributed by atoms with Gasteiger partial charge in [0.25, 0.3) is 0 Å². The van der Waals surface area contributed by atoms with Gasteiger partial charge in [-0.15, -0.1) is 0 Å². The maximum atomic E-state index is 11.5. The average molecular weight is 353 g/mol. The molecule has 1 aliphatic heterocycles. The van der Waals surface area contributed by atoms with E-state index < -0.39 is 0 Å². The molecule has 0 N–H and O–H groups in total. The van der Waals surface area contributed by atoms with Gasteiger partial charge in [0.1, 0.15) is 6.10 Å². The first-order valence-electron chi connectivity index (χ1n) is 8.23. The van der Waals surface area contributed by atoms with Crippen molar-refractivity contribution < 1.29 is 9.53 Å². The second-order valence-electron chi connectivity index (χ2n) is 7.24. The predicted octanol–water partition coefficient (Wildman–Crippen LogP) is 5.13. The van der Waals surface area contributed by atoms with Gasteiger partial charge in [0.15, 0.2) is 0 Å². The monoisotopic (exact) mass is 352 g/mol. The minimum atomic E-state index is -0.127. The van der Waals surface area contributed by atoms with Gasteiger partial charge < -0.3 is 4.74 Å². The van der Waals surface area contributed by atoms with Gasteiger partial charge in [-0.25, -0.2) is 4.79 Å². The summed E-state index contributed by atoms with van der Waals surface area (Å²) in [5.74, 6) is 1.41. The third-order valence-corrected chi connectivity index (χ3v) is 6.71. The minimum Gasteiger partial charge on any atom is -0.455 e. The maximum absolute atomic E-state index is 11.5. The molecule has 2 saturated carbocycles. The highest BCUT2D eigenvalue weighted by molar-refractivity contribution is 9.11. The van der Waals surface area contributed by atoms with E-state index in [0.717, 1.165) is 23.8 Å². The van der Waals surface area contributed by atoms with Crippen LogP contribution >= 0.6 is 15.9 Å². The van der Waals surface area contributed by atoms with E-state index in [1.54, 1.807) is 5.57 Å². The van der Waals surface area contributed by atoms with Crippen LogP contribution in [-0.4, -0.2) is 12.1 Å². The Morgan fingerprint density at radius 3 is 2.90 bits per heavy atom. The number of carbonyl (C=O) groups excluding carboxylic acids is 1. The normalized spacial score (nSPS) is 41.1. The number of hydrogen-bond acceptors (Lipinski definition) is 2. The summed E-state index contributed by atoms with van der Waals surface area (Å²) in [6.07, 6.45) is 10.8. The van der Waals surface area contributed by atoms with E-state index in [1.807, 2.05) is 13.0 Å². The maximum Gasteiger partial charge on any atom is 0.334 e. The van der Waals surface area contributed by atoms with Crippen molar-refractivity contribution >= 4 is 21.9 Å². The average Bonchev–Trinajstić information content (AvgIpc) is 2.96. The fourth-order valence-electron chi connectivity index (χ4n) is 4.87. The van der Waals surface area contributed by atoms with Crippen LogP contribution in [-0.2, 0) is 9.53 Å². The fraction of sp³-hybridized carbons (Fsp3) is 0.722. The van der Waals surface area contributed by atoms with Crippen LogP contribution in [0, 0.1) is 17.3 Å². The summed E-state index contributed by atoms with van der Waals surface area (Å²) >= 11 is 3.57. The molecule has 0 bridgehead atoms. The zero-order valence-corrected chi connectivity index (χ0v) is 14.6. The summed E-state index contributed by atoms with van der Waals surface area (Å²) in [6.45, 7) is 4.34. The van der Waals surface area contributed by atoms with Crippen molar-refractivity contribution in [3.05, 3.63) is 22.2 Å². The van der Waals surface area contributed by atoms with Crippen LogP contribution in [0.5, 0.6) is 0 Å². The Balaban J connectivity index is 1.63. The standard InChI is InChI=1S/C18H25BrO2/c1-12-10-15(21-17(12)20)7-5-14-6-8-16-13(11-19)4-3-9-18(14,16)2/h10-11,14-16H,3-9H2,1-2H3/b13-11+. The van der Waals surface area contributed by atoms with Gasteiger partial charge in [-0.1, -0.05) is 28.4 Å². The molecule has 0 amide bonds. The van der Waals surface area contributed by atoms with Crippen molar-refractivity contribution in [1.29, 1.82) is 0 Å². The number of carbonyl (C=O) groups is 1. The second kappa shape index (κ2) is 5.91. The molecule has 0 spiro atoms. The van der Waals surface area contributed by atoms with Crippen LogP contribution in [0.2, 0.25) is 0 Å². The van der Waals surface area contributed by atoms with Crippen LogP contribution in [0.4, 0.5) is 0 Å². The number of fused-ring (bicyclic) bond motifs is 1. The van der Waals surface area contributed by atoms with E-state index in [4.69, 9.17) is 4.74 Å². The van der Waals surface area contributed by atoms with Crippen molar-refractivity contribution in [2.75, 3.05) is 0 Å². The zero-order chi connectivity index (χ0) is 15.0. The number of cyclic esters (lactones) is 1. The molecule has 3 aliphatic rings. The molecular weight excluding hydrogens is 328 g/mol. The quantitative estimate of drug-likeness (QED) is 0.657. The van der Waals surface area contributed by atoms with Gasteiger partial charge in [0.2, 0.25) is 0 Å². The molecule has 3 heteroatoms. The van der Waals surface area contributed by atoms with Crippen molar-refractivity contribution in [3.63, 3.8) is 0 Å². The van der Waals surface area contributed by atoms with Crippen LogP contribution in [0.1, 0.15) is 58.8 Å². The topological polar surface area (TPSA) is 26.3 Å². The Labute approximate surface area is 136 Å². The molecule has 2 nitrogen and oxygen atoms in total. The summed E-state index contributed by atoms with van der Waals surface area (Å²) in [4.78, 5) is 13.6. The molecule has 21 heavy (non-hydrogen) atoms. The molecule has 0 radical (unpaired) electrons. The third-order valence-electron chi connectivity index (χ3n) is 6.12. The van der Waals surface area contributed by atoms with Crippen molar-refractivity contribution in [2.24, 2.45) is 17.3 Å². The number of ether oxygens (including phenoxy) is 1. The summed E-state index contributed by atoms with van der Waals surface area (Å²) in [5, 5.41) is 0. The Morgan fingerprint density at radius 2 is 2.24 bits per heavy atom. The second-order valence-corrected chi connectivity index (χ2v) is 7.70. The van der Waals surface area contributed by atoms with E-state index in [-0.39, 0.29) is 12.1 Å². The lowest BCUT2D eigenvalue weighted by Crippen LogP contribution is -2.33. The van der Waals surface area contributed by atoms with Crippen LogP contribution in [0.25, 0.3) is 0 Å². The van der Waals surface area contributed by atoms with Gasteiger partial charge in [-0.2, -0.15) is 0 Å². The lowest BCUT2D eigenvalue weighted by atomic mass is 9.63. The fourth-order valence-corrected chi connectivity index (χ4v) is 5.42. The lowest BCUT2D eigenvalue weighted by molar-refractivity contribution is -0.139. The molecule has 2 fully saturated rings. The Morgan fingerprint density at radius 1 is 1.43 bits per heavy atom. The van der Waals surface area contributed by atoms with Crippen molar-refractivity contribution in [1.82, 2.24) is 0 Å². The zero-order valence-electron chi connectivity index (χ0n) is 13.0. The Kier molecular flexibility index (Phi) is 4.31. The van der Waals surface area contributed by atoms with Gasteiger partial charge in [-0.05, 0) is 80.2 Å². The summed E-state index contributed by atoms with van der Waals surface area (Å²) in [5.41, 5.74) is 2.85. The summed E-state index contributed by atoms with van der Waals surface area (Å²) in [6, 6.07) is 0. The molecule has 0 aromatic carbocycles. The SMILES string of the molecule is CC1=CC(CCC2CCC3/C(=C/Br)CCCC23C)OC1=O. The van der Waals surface area contributed by atoms with E-state index in [2.05, 4.69) is 27.8 Å². The molecule has 0 aromatic heterocycles. The van der Waals surface area contributed by atoms with Crippen LogP contribution in [0.3, 0.4) is 0 Å². The molecule has 4 unspecified atom stereocenters. The van der Waals surface area contributed by atoms with Crippen molar-refractivity contribution in [3.8, 4) is 0 Å². The van der Waals surface area contributed by atoms with Gasteiger partial charge in [-0.3, -0.25) is 0 Å². The van der Waals surface area contributed by atoms with Gasteiger partial charge in [0, 0.05) is 5.57 Å². The molecule has 4 atom stereocenters. The van der Waals surface area contributed by atoms with Gasteiger partial charge >= 0.3 is 5.97 Å². The number of esters is 1.